The summed E-state index contributed by atoms with van der Waals surface area (Å²) in [6, 6.07) is 0. The molecule has 3 atom stereocenters. The van der Waals surface area contributed by atoms with Crippen molar-refractivity contribution in [1.29, 1.82) is 0 Å². The molecule has 0 heterocycles. The predicted octanol–water partition coefficient (Wildman–Crippen LogP) is 10.7. The fourth-order valence-electron chi connectivity index (χ4n) is 5.64. The maximum Gasteiger partial charge on any atom is 0.472 e. The molecule has 0 bridgehead atoms. The standard InChI is InChI=1S/C43H80NO9P/c1-6-8-10-11-12-13-14-15-16-17-20-23-26-30-34-42(46)50-38-41(39-52-54(48,49)51-37-36-44(3,4)5)53-43(47)35-31-27-24-21-18-19-22-25-29-33-40(45)32-28-9-7-2/h9,22,25,28-29,33,40-41,45H,6-8,10-21,23-24,26-27,30-32,34-39H2,1-5H3/p+1/b25-22+,28-9+,33-29+/t40?,41-/m1/s1. The van der Waals surface area contributed by atoms with Crippen LogP contribution in [0.4, 0.5) is 0 Å². The molecule has 2 unspecified atom stereocenters. The van der Waals surface area contributed by atoms with Gasteiger partial charge in [0, 0.05) is 12.8 Å². The molecule has 10 nitrogen and oxygen atoms in total. The lowest BCUT2D eigenvalue weighted by atomic mass is 10.0. The van der Waals surface area contributed by atoms with Crippen LogP contribution in [0.15, 0.2) is 36.5 Å². The lowest BCUT2D eigenvalue weighted by molar-refractivity contribution is -0.870. The van der Waals surface area contributed by atoms with Crippen molar-refractivity contribution in [3.05, 3.63) is 36.5 Å². The van der Waals surface area contributed by atoms with E-state index in [9.17, 15) is 24.2 Å². The predicted molar refractivity (Wildman–Crippen MR) is 221 cm³/mol. The van der Waals surface area contributed by atoms with Gasteiger partial charge in [-0.15, -0.1) is 0 Å². The Morgan fingerprint density at radius 1 is 0.667 bits per heavy atom. The molecule has 0 aromatic rings. The zero-order valence-corrected chi connectivity index (χ0v) is 36.0. The minimum Gasteiger partial charge on any atom is -0.462 e. The van der Waals surface area contributed by atoms with Gasteiger partial charge in [0.15, 0.2) is 6.10 Å². The van der Waals surface area contributed by atoms with Gasteiger partial charge in [-0.3, -0.25) is 18.6 Å². The Hall–Kier alpha value is -1.81. The van der Waals surface area contributed by atoms with E-state index in [0.29, 0.717) is 23.9 Å². The van der Waals surface area contributed by atoms with Crippen molar-refractivity contribution in [2.24, 2.45) is 0 Å². The molecule has 0 spiro atoms. The summed E-state index contributed by atoms with van der Waals surface area (Å²) < 4.78 is 34.2. The van der Waals surface area contributed by atoms with Crippen molar-refractivity contribution >= 4 is 19.8 Å². The number of rotatable bonds is 38. The van der Waals surface area contributed by atoms with Crippen LogP contribution in [0.25, 0.3) is 0 Å². The largest absolute Gasteiger partial charge is 0.472 e. The van der Waals surface area contributed by atoms with E-state index < -0.39 is 32.6 Å². The van der Waals surface area contributed by atoms with Crippen LogP contribution in [0, 0.1) is 0 Å². The van der Waals surface area contributed by atoms with Gasteiger partial charge in [-0.05, 0) is 38.5 Å². The zero-order valence-electron chi connectivity index (χ0n) is 35.1. The number of quaternary nitrogens is 1. The van der Waals surface area contributed by atoms with Crippen molar-refractivity contribution in [2.75, 3.05) is 47.5 Å². The van der Waals surface area contributed by atoms with E-state index in [4.69, 9.17) is 18.5 Å². The maximum atomic E-state index is 12.7. The highest BCUT2D eigenvalue weighted by atomic mass is 31.2. The minimum atomic E-state index is -4.39. The molecule has 0 saturated carbocycles. The lowest BCUT2D eigenvalue weighted by Gasteiger charge is -2.24. The fraction of sp³-hybridized carbons (Fsp3) is 0.814. The van der Waals surface area contributed by atoms with Gasteiger partial charge in [0.2, 0.25) is 0 Å². The summed E-state index contributed by atoms with van der Waals surface area (Å²) in [6.07, 6.45) is 35.2. The first-order valence-corrected chi connectivity index (χ1v) is 22.8. The van der Waals surface area contributed by atoms with Crippen molar-refractivity contribution < 1.29 is 47.2 Å². The van der Waals surface area contributed by atoms with E-state index in [0.717, 1.165) is 57.8 Å². The van der Waals surface area contributed by atoms with Crippen molar-refractivity contribution in [2.45, 2.75) is 180 Å². The number of ether oxygens (including phenoxy) is 2. The number of allylic oxidation sites excluding steroid dienone is 4. The second kappa shape index (κ2) is 35.6. The summed E-state index contributed by atoms with van der Waals surface area (Å²) in [5, 5.41) is 9.88. The molecule has 0 aliphatic rings. The molecule has 2 N–H and O–H groups in total. The Bertz CT molecular complexity index is 1040. The molecule has 54 heavy (non-hydrogen) atoms. The smallest absolute Gasteiger partial charge is 0.462 e. The molecule has 11 heteroatoms. The summed E-state index contributed by atoms with van der Waals surface area (Å²) in [4.78, 5) is 35.3. The van der Waals surface area contributed by atoms with Gasteiger partial charge in [-0.25, -0.2) is 4.57 Å². The van der Waals surface area contributed by atoms with Crippen LogP contribution in [0.2, 0.25) is 0 Å². The highest BCUT2D eigenvalue weighted by molar-refractivity contribution is 7.47. The van der Waals surface area contributed by atoms with Crippen LogP contribution in [-0.4, -0.2) is 86.1 Å². The topological polar surface area (TPSA) is 129 Å². The Morgan fingerprint density at radius 2 is 1.20 bits per heavy atom. The number of nitrogens with zero attached hydrogens (tertiary/aromatic N) is 1. The Labute approximate surface area is 330 Å². The third-order valence-electron chi connectivity index (χ3n) is 9.01. The molecule has 0 aliphatic carbocycles. The van der Waals surface area contributed by atoms with E-state index in [2.05, 4.69) is 19.9 Å². The number of unbranched alkanes of at least 4 members (excludes halogenated alkanes) is 18. The number of carbonyl (C=O) groups is 2. The van der Waals surface area contributed by atoms with Gasteiger partial charge < -0.3 is 24.0 Å². The van der Waals surface area contributed by atoms with Crippen LogP contribution in [-0.2, 0) is 32.7 Å². The first kappa shape index (κ1) is 52.2. The van der Waals surface area contributed by atoms with E-state index >= 15 is 0 Å². The summed E-state index contributed by atoms with van der Waals surface area (Å²) in [5.41, 5.74) is 0. The average molecular weight is 787 g/mol. The SMILES string of the molecule is CC/C=C/CC(O)/C=C/C=C/CCCCCCCC(=O)O[C@H](COC(=O)CCCCCCCCCCCCCCCC)COP(=O)(O)OCC[N+](C)(C)C. The number of aliphatic hydroxyl groups is 1. The molecular formula is C43H81NO9P+. The van der Waals surface area contributed by atoms with Gasteiger partial charge in [-0.1, -0.05) is 153 Å². The van der Waals surface area contributed by atoms with Gasteiger partial charge in [0.1, 0.15) is 19.8 Å². The second-order valence-electron chi connectivity index (χ2n) is 15.6. The summed E-state index contributed by atoms with van der Waals surface area (Å²) in [5.74, 6) is -0.850. The fourth-order valence-corrected chi connectivity index (χ4v) is 6.38. The van der Waals surface area contributed by atoms with Gasteiger partial charge in [-0.2, -0.15) is 0 Å². The lowest BCUT2D eigenvalue weighted by Crippen LogP contribution is -2.37. The van der Waals surface area contributed by atoms with Crippen molar-refractivity contribution in [3.8, 4) is 0 Å². The van der Waals surface area contributed by atoms with E-state index in [1.54, 1.807) is 6.08 Å². The van der Waals surface area contributed by atoms with Gasteiger partial charge in [0.05, 0.1) is 33.9 Å². The second-order valence-corrected chi connectivity index (χ2v) is 17.0. The molecule has 0 radical (unpaired) electrons. The van der Waals surface area contributed by atoms with E-state index in [1.807, 2.05) is 45.4 Å². The van der Waals surface area contributed by atoms with Gasteiger partial charge >= 0.3 is 19.8 Å². The highest BCUT2D eigenvalue weighted by Gasteiger charge is 2.27. The molecule has 0 saturated heterocycles. The molecule has 316 valence electrons. The number of carbonyl (C=O) groups excluding carboxylic acids is 2. The number of esters is 2. The Morgan fingerprint density at radius 3 is 1.76 bits per heavy atom. The number of aliphatic hydroxyl groups excluding tert-OH is 1. The van der Waals surface area contributed by atoms with Crippen LogP contribution in [0.1, 0.15) is 168 Å². The number of likely N-dealkylation sites (N-methyl/N-ethyl adjacent to an activating group) is 1. The van der Waals surface area contributed by atoms with E-state index in [1.165, 1.54) is 70.6 Å². The molecule has 0 fully saturated rings. The first-order chi connectivity index (χ1) is 25.9. The third-order valence-corrected chi connectivity index (χ3v) is 10.00. The van der Waals surface area contributed by atoms with Gasteiger partial charge in [0.25, 0.3) is 0 Å². The van der Waals surface area contributed by atoms with Crippen LogP contribution in [0.5, 0.6) is 0 Å². The number of hydrogen-bond acceptors (Lipinski definition) is 8. The number of hydrogen-bond donors (Lipinski definition) is 2. The number of phosphoric acid groups is 1. The molecule has 0 amide bonds. The van der Waals surface area contributed by atoms with E-state index in [-0.39, 0.29) is 32.0 Å². The molecule has 0 aromatic heterocycles. The highest BCUT2D eigenvalue weighted by Crippen LogP contribution is 2.43. The molecule has 0 aromatic carbocycles. The average Bonchev–Trinajstić information content (AvgIpc) is 3.11. The molecule has 0 aliphatic heterocycles. The third kappa shape index (κ3) is 38.5. The first-order valence-electron chi connectivity index (χ1n) is 21.3. The molecule has 0 rings (SSSR count). The summed E-state index contributed by atoms with van der Waals surface area (Å²) in [6.45, 7) is 4.16. The quantitative estimate of drug-likeness (QED) is 0.0157. The van der Waals surface area contributed by atoms with Crippen LogP contribution >= 0.6 is 7.82 Å². The van der Waals surface area contributed by atoms with Crippen molar-refractivity contribution in [1.82, 2.24) is 0 Å². The monoisotopic (exact) mass is 787 g/mol. The maximum absolute atomic E-state index is 12.7. The Kier molecular flexibility index (Phi) is 34.4. The number of phosphoric ester groups is 1. The van der Waals surface area contributed by atoms with Crippen LogP contribution < -0.4 is 0 Å². The van der Waals surface area contributed by atoms with Crippen molar-refractivity contribution in [3.63, 3.8) is 0 Å². The minimum absolute atomic E-state index is 0.0184. The Balaban J connectivity index is 4.44. The zero-order chi connectivity index (χ0) is 40.2. The normalized spacial score (nSPS) is 14.6. The summed E-state index contributed by atoms with van der Waals surface area (Å²) in [7, 11) is 1.43. The van der Waals surface area contributed by atoms with Crippen LogP contribution in [0.3, 0.4) is 0 Å². The molecular weight excluding hydrogens is 705 g/mol. The summed E-state index contributed by atoms with van der Waals surface area (Å²) >= 11 is 0.